The molecule has 1 fully saturated rings. The van der Waals surface area contributed by atoms with Crippen LogP contribution in [-0.2, 0) is 0 Å². The van der Waals surface area contributed by atoms with Crippen LogP contribution in [0.3, 0.4) is 0 Å². The average Bonchev–Trinajstić information content (AvgIpc) is 2.53. The highest BCUT2D eigenvalue weighted by atomic mass is 32.1. The van der Waals surface area contributed by atoms with E-state index in [2.05, 4.69) is 24.5 Å². The lowest BCUT2D eigenvalue weighted by molar-refractivity contribution is 0.317. The largest absolute Gasteiger partial charge is 0.303 e. The minimum absolute atomic E-state index is 0.987. The smallest absolute Gasteiger partial charge is 0.00100 e. The minimum Gasteiger partial charge on any atom is -0.303 e. The van der Waals surface area contributed by atoms with Crippen molar-refractivity contribution in [3.8, 4) is 0 Å². The van der Waals surface area contributed by atoms with Crippen LogP contribution in [0, 0.1) is 5.92 Å². The summed E-state index contributed by atoms with van der Waals surface area (Å²) in [5, 5.41) is 0. The fraction of sp³-hybridized carbons (Fsp3) is 1.00. The number of thiol groups is 1. The van der Waals surface area contributed by atoms with Crippen molar-refractivity contribution in [1.82, 2.24) is 4.90 Å². The Labute approximate surface area is 81.9 Å². The summed E-state index contributed by atoms with van der Waals surface area (Å²) in [5.41, 5.74) is 0. The molecule has 1 rings (SSSR count). The molecule has 1 aliphatic heterocycles. The number of hydrogen-bond donors (Lipinski definition) is 1. The molecule has 1 heterocycles. The van der Waals surface area contributed by atoms with Crippen molar-refractivity contribution in [2.75, 3.05) is 25.4 Å². The number of hydrogen-bond acceptors (Lipinski definition) is 2. The summed E-state index contributed by atoms with van der Waals surface area (Å²) in [4.78, 5) is 2.61. The quantitative estimate of drug-likeness (QED) is 0.511. The van der Waals surface area contributed by atoms with E-state index in [4.69, 9.17) is 0 Å². The predicted molar refractivity (Wildman–Crippen MR) is 57.9 cm³/mol. The number of rotatable bonds is 5. The van der Waals surface area contributed by atoms with Crippen LogP contribution in [0.15, 0.2) is 0 Å². The average molecular weight is 187 g/mol. The van der Waals surface area contributed by atoms with Gasteiger partial charge in [-0.1, -0.05) is 13.3 Å². The van der Waals surface area contributed by atoms with Crippen molar-refractivity contribution in [3.05, 3.63) is 0 Å². The highest BCUT2D eigenvalue weighted by molar-refractivity contribution is 7.80. The van der Waals surface area contributed by atoms with E-state index in [1.54, 1.807) is 0 Å². The maximum absolute atomic E-state index is 4.21. The van der Waals surface area contributed by atoms with Crippen LogP contribution < -0.4 is 0 Å². The van der Waals surface area contributed by atoms with Crippen molar-refractivity contribution in [2.24, 2.45) is 5.92 Å². The summed E-state index contributed by atoms with van der Waals surface area (Å²) in [7, 11) is 0. The van der Waals surface area contributed by atoms with E-state index in [0.29, 0.717) is 0 Å². The molecule has 0 amide bonds. The predicted octanol–water partition coefficient (Wildman–Crippen LogP) is 2.43. The van der Waals surface area contributed by atoms with Gasteiger partial charge in [-0.25, -0.2) is 0 Å². The lowest BCUT2D eigenvalue weighted by Crippen LogP contribution is -2.21. The van der Waals surface area contributed by atoms with Gasteiger partial charge in [-0.05, 0) is 44.0 Å². The highest BCUT2D eigenvalue weighted by Crippen LogP contribution is 2.18. The van der Waals surface area contributed by atoms with Gasteiger partial charge >= 0.3 is 0 Å². The molecule has 2 heteroatoms. The number of nitrogens with zero attached hydrogens (tertiary/aromatic N) is 1. The van der Waals surface area contributed by atoms with Gasteiger partial charge < -0.3 is 4.90 Å². The Bertz CT molecular complexity index is 116. The van der Waals surface area contributed by atoms with E-state index in [0.717, 1.165) is 11.7 Å². The second-order valence-corrected chi connectivity index (χ2v) is 4.24. The standard InChI is InChI=1S/C10H21NS/c1-2-10-5-7-11(9-10)6-3-4-8-12/h10,12H,2-9H2,1H3. The summed E-state index contributed by atoms with van der Waals surface area (Å²) < 4.78 is 0. The second-order valence-electron chi connectivity index (χ2n) is 3.79. The maximum atomic E-state index is 4.21. The topological polar surface area (TPSA) is 3.24 Å². The summed E-state index contributed by atoms with van der Waals surface area (Å²) in [5.74, 6) is 2.03. The third kappa shape index (κ3) is 3.36. The summed E-state index contributed by atoms with van der Waals surface area (Å²) in [6.45, 7) is 6.30. The Morgan fingerprint density at radius 3 is 2.83 bits per heavy atom. The van der Waals surface area contributed by atoms with Gasteiger partial charge in [-0.2, -0.15) is 12.6 Å². The van der Waals surface area contributed by atoms with E-state index in [9.17, 15) is 0 Å². The van der Waals surface area contributed by atoms with E-state index >= 15 is 0 Å². The van der Waals surface area contributed by atoms with Crippen LogP contribution in [0.25, 0.3) is 0 Å². The Morgan fingerprint density at radius 1 is 1.42 bits per heavy atom. The third-order valence-electron chi connectivity index (χ3n) is 2.83. The monoisotopic (exact) mass is 187 g/mol. The van der Waals surface area contributed by atoms with Gasteiger partial charge in [0.1, 0.15) is 0 Å². The Kier molecular flexibility index (Phi) is 5.08. The Balaban J connectivity index is 2.03. The molecular formula is C10H21NS. The first-order valence-electron chi connectivity index (χ1n) is 5.20. The van der Waals surface area contributed by atoms with Crippen LogP contribution >= 0.6 is 12.6 Å². The van der Waals surface area contributed by atoms with E-state index < -0.39 is 0 Å². The molecule has 1 nitrogen and oxygen atoms in total. The fourth-order valence-electron chi connectivity index (χ4n) is 1.90. The number of unbranched alkanes of at least 4 members (excludes halogenated alkanes) is 1. The van der Waals surface area contributed by atoms with Gasteiger partial charge in [0, 0.05) is 6.54 Å². The molecule has 72 valence electrons. The first kappa shape index (κ1) is 10.4. The Morgan fingerprint density at radius 2 is 2.25 bits per heavy atom. The highest BCUT2D eigenvalue weighted by Gasteiger charge is 2.19. The van der Waals surface area contributed by atoms with Crippen molar-refractivity contribution in [1.29, 1.82) is 0 Å². The van der Waals surface area contributed by atoms with Crippen molar-refractivity contribution >= 4 is 12.6 Å². The molecule has 0 spiro atoms. The molecule has 1 aliphatic rings. The van der Waals surface area contributed by atoms with Crippen LogP contribution in [0.4, 0.5) is 0 Å². The zero-order valence-corrected chi connectivity index (χ0v) is 9.02. The maximum Gasteiger partial charge on any atom is 0.00100 e. The van der Waals surface area contributed by atoms with Crippen LogP contribution in [0.2, 0.25) is 0 Å². The van der Waals surface area contributed by atoms with Gasteiger partial charge in [-0.15, -0.1) is 0 Å². The van der Waals surface area contributed by atoms with E-state index in [1.165, 1.54) is 45.3 Å². The molecule has 0 saturated carbocycles. The van der Waals surface area contributed by atoms with Gasteiger partial charge in [0.05, 0.1) is 0 Å². The van der Waals surface area contributed by atoms with Gasteiger partial charge in [0.2, 0.25) is 0 Å². The second kappa shape index (κ2) is 5.87. The van der Waals surface area contributed by atoms with Gasteiger partial charge in [-0.3, -0.25) is 0 Å². The minimum atomic E-state index is 0.987. The molecule has 0 radical (unpaired) electrons. The van der Waals surface area contributed by atoms with Crippen LogP contribution in [-0.4, -0.2) is 30.3 Å². The zero-order chi connectivity index (χ0) is 8.81. The third-order valence-corrected chi connectivity index (χ3v) is 3.15. The molecule has 0 N–H and O–H groups in total. The first-order valence-corrected chi connectivity index (χ1v) is 5.83. The number of likely N-dealkylation sites (tertiary alicyclic amines) is 1. The summed E-state index contributed by atoms with van der Waals surface area (Å²) in [6, 6.07) is 0. The molecule has 0 aromatic carbocycles. The van der Waals surface area contributed by atoms with Gasteiger partial charge in [0.15, 0.2) is 0 Å². The molecule has 0 aromatic rings. The molecule has 1 saturated heterocycles. The zero-order valence-electron chi connectivity index (χ0n) is 8.13. The molecule has 0 aliphatic carbocycles. The Hall–Kier alpha value is 0.310. The van der Waals surface area contributed by atoms with Crippen molar-refractivity contribution < 1.29 is 0 Å². The lowest BCUT2D eigenvalue weighted by atomic mass is 10.1. The summed E-state index contributed by atoms with van der Waals surface area (Å²) >= 11 is 4.21. The fourth-order valence-corrected chi connectivity index (χ4v) is 2.12. The van der Waals surface area contributed by atoms with Crippen molar-refractivity contribution in [3.63, 3.8) is 0 Å². The lowest BCUT2D eigenvalue weighted by Gasteiger charge is -2.14. The van der Waals surface area contributed by atoms with Crippen LogP contribution in [0.5, 0.6) is 0 Å². The molecule has 1 atom stereocenters. The molecule has 0 bridgehead atoms. The van der Waals surface area contributed by atoms with E-state index in [1.807, 2.05) is 0 Å². The normalized spacial score (nSPS) is 25.0. The van der Waals surface area contributed by atoms with Crippen LogP contribution in [0.1, 0.15) is 32.6 Å². The molecular weight excluding hydrogens is 166 g/mol. The molecule has 1 unspecified atom stereocenters. The molecule has 12 heavy (non-hydrogen) atoms. The van der Waals surface area contributed by atoms with E-state index in [-0.39, 0.29) is 0 Å². The van der Waals surface area contributed by atoms with Crippen molar-refractivity contribution in [2.45, 2.75) is 32.6 Å². The van der Waals surface area contributed by atoms with Gasteiger partial charge in [0.25, 0.3) is 0 Å². The first-order chi connectivity index (χ1) is 5.86. The SMILES string of the molecule is CCC1CCN(CCCCS)C1. The summed E-state index contributed by atoms with van der Waals surface area (Å²) in [6.07, 6.45) is 5.40. The molecule has 0 aromatic heterocycles.